The Morgan fingerprint density at radius 3 is 2.69 bits per heavy atom. The summed E-state index contributed by atoms with van der Waals surface area (Å²) in [5.41, 5.74) is 1.16. The van der Waals surface area contributed by atoms with Gasteiger partial charge < -0.3 is 14.1 Å². The number of carbonyl (C=O) groups is 1. The number of likely N-dealkylation sites (tertiary alicyclic amines) is 1. The van der Waals surface area contributed by atoms with Crippen molar-refractivity contribution in [3.05, 3.63) is 70.6 Å². The van der Waals surface area contributed by atoms with Crippen LogP contribution in [0.1, 0.15) is 23.4 Å². The predicted molar refractivity (Wildman–Crippen MR) is 112 cm³/mol. The Hall–Kier alpha value is -3.19. The lowest BCUT2D eigenvalue weighted by Crippen LogP contribution is -2.42. The van der Waals surface area contributed by atoms with Crippen molar-refractivity contribution < 1.29 is 13.9 Å². The number of carbonyl (C=O) groups excluding carboxylic acids is 1. The number of fused-ring (bicyclic) bond motifs is 2. The number of ether oxygens (including phenoxy) is 1. The zero-order chi connectivity index (χ0) is 19.8. The molecule has 5 rings (SSSR count). The maximum Gasteiger partial charge on any atom is 0.289 e. The highest BCUT2D eigenvalue weighted by molar-refractivity contribution is 7.20. The summed E-state index contributed by atoms with van der Waals surface area (Å²) < 4.78 is 12.8. The van der Waals surface area contributed by atoms with Gasteiger partial charge in [-0.1, -0.05) is 35.6 Å². The van der Waals surface area contributed by atoms with E-state index < -0.39 is 0 Å². The highest BCUT2D eigenvalue weighted by atomic mass is 32.1. The van der Waals surface area contributed by atoms with Crippen LogP contribution in [0.4, 0.5) is 0 Å². The molecule has 6 nitrogen and oxygen atoms in total. The summed E-state index contributed by atoms with van der Waals surface area (Å²) in [6, 6.07) is 16.2. The molecule has 0 spiro atoms. The zero-order valence-corrected chi connectivity index (χ0v) is 16.4. The van der Waals surface area contributed by atoms with E-state index in [1.54, 1.807) is 29.2 Å². The molecule has 0 N–H and O–H groups in total. The lowest BCUT2D eigenvalue weighted by Gasteiger charge is -2.31. The summed E-state index contributed by atoms with van der Waals surface area (Å²) in [4.78, 5) is 31.3. The van der Waals surface area contributed by atoms with Crippen LogP contribution in [0.5, 0.6) is 5.19 Å². The number of amides is 1. The average molecular weight is 406 g/mol. The fourth-order valence-corrected chi connectivity index (χ4v) is 4.47. The Kier molecular flexibility index (Phi) is 4.52. The second-order valence-corrected chi connectivity index (χ2v) is 8.02. The monoisotopic (exact) mass is 406 g/mol. The number of aromatic nitrogens is 1. The third-order valence-corrected chi connectivity index (χ3v) is 6.04. The average Bonchev–Trinajstić information content (AvgIpc) is 3.16. The number of para-hydroxylation sites is 2. The molecule has 0 bridgehead atoms. The zero-order valence-electron chi connectivity index (χ0n) is 15.5. The smallest absolute Gasteiger partial charge is 0.289 e. The maximum atomic E-state index is 12.8. The van der Waals surface area contributed by atoms with Gasteiger partial charge in [0.2, 0.25) is 0 Å². The number of hydrogen-bond acceptors (Lipinski definition) is 6. The fraction of sp³-hybridized carbons (Fsp3) is 0.227. The summed E-state index contributed by atoms with van der Waals surface area (Å²) in [7, 11) is 0. The van der Waals surface area contributed by atoms with Crippen LogP contribution in [0.3, 0.4) is 0 Å². The molecule has 0 unspecified atom stereocenters. The molecule has 0 atom stereocenters. The molecule has 4 aromatic rings. The first-order valence-electron chi connectivity index (χ1n) is 9.52. The summed E-state index contributed by atoms with van der Waals surface area (Å²) in [6.45, 7) is 1.09. The minimum Gasteiger partial charge on any atom is -0.467 e. The highest BCUT2D eigenvalue weighted by Crippen LogP contribution is 2.29. The first-order valence-corrected chi connectivity index (χ1v) is 10.3. The van der Waals surface area contributed by atoms with E-state index >= 15 is 0 Å². The van der Waals surface area contributed by atoms with Crippen LogP contribution < -0.4 is 10.2 Å². The third kappa shape index (κ3) is 3.49. The summed E-state index contributed by atoms with van der Waals surface area (Å²) in [6.07, 6.45) is 1.43. The lowest BCUT2D eigenvalue weighted by molar-refractivity contribution is 0.0567. The number of piperidine rings is 1. The van der Waals surface area contributed by atoms with Gasteiger partial charge in [0.1, 0.15) is 11.7 Å². The Morgan fingerprint density at radius 2 is 1.86 bits per heavy atom. The van der Waals surface area contributed by atoms with E-state index in [9.17, 15) is 9.59 Å². The van der Waals surface area contributed by atoms with Crippen LogP contribution in [0.25, 0.3) is 21.2 Å². The molecule has 1 aliphatic heterocycles. The van der Waals surface area contributed by atoms with Gasteiger partial charge in [0, 0.05) is 32.0 Å². The van der Waals surface area contributed by atoms with E-state index in [0.717, 1.165) is 10.2 Å². The predicted octanol–water partition coefficient (Wildman–Crippen LogP) is 4.09. The maximum absolute atomic E-state index is 12.8. The molecular formula is C22H18N2O4S. The molecule has 7 heteroatoms. The molecule has 0 saturated carbocycles. The Balaban J connectivity index is 1.26. The van der Waals surface area contributed by atoms with Gasteiger partial charge in [-0.2, -0.15) is 0 Å². The van der Waals surface area contributed by atoms with Crippen molar-refractivity contribution in [2.24, 2.45) is 0 Å². The first-order chi connectivity index (χ1) is 14.2. The van der Waals surface area contributed by atoms with Crippen molar-refractivity contribution in [3.63, 3.8) is 0 Å². The van der Waals surface area contributed by atoms with E-state index in [1.807, 2.05) is 24.3 Å². The van der Waals surface area contributed by atoms with Gasteiger partial charge in [-0.15, -0.1) is 0 Å². The normalized spacial score (nSPS) is 15.1. The van der Waals surface area contributed by atoms with Crippen molar-refractivity contribution in [1.29, 1.82) is 0 Å². The molecule has 2 aromatic heterocycles. The van der Waals surface area contributed by atoms with Crippen LogP contribution in [-0.4, -0.2) is 35.0 Å². The lowest BCUT2D eigenvalue weighted by atomic mass is 10.1. The van der Waals surface area contributed by atoms with Crippen molar-refractivity contribution in [1.82, 2.24) is 9.88 Å². The fourth-order valence-electron chi connectivity index (χ4n) is 3.59. The minimum atomic E-state index is -0.258. The summed E-state index contributed by atoms with van der Waals surface area (Å²) in [5.74, 6) is -0.175. The van der Waals surface area contributed by atoms with Crippen LogP contribution in [0.2, 0.25) is 0 Å². The van der Waals surface area contributed by atoms with Crippen molar-refractivity contribution in [2.45, 2.75) is 18.9 Å². The molecule has 29 heavy (non-hydrogen) atoms. The van der Waals surface area contributed by atoms with Gasteiger partial charge >= 0.3 is 0 Å². The van der Waals surface area contributed by atoms with E-state index in [4.69, 9.17) is 9.15 Å². The van der Waals surface area contributed by atoms with E-state index in [1.165, 1.54) is 17.4 Å². The molecular weight excluding hydrogens is 388 g/mol. The second-order valence-electron chi connectivity index (χ2n) is 7.03. The molecule has 1 fully saturated rings. The molecule has 3 heterocycles. The SMILES string of the molecule is O=C(c1cc(=O)c2ccccc2o1)N1CCC(Oc2nc3ccccc3s2)CC1. The van der Waals surface area contributed by atoms with Gasteiger partial charge in [0.05, 0.1) is 15.6 Å². The van der Waals surface area contributed by atoms with Gasteiger partial charge in [-0.3, -0.25) is 9.59 Å². The molecule has 0 radical (unpaired) electrons. The molecule has 1 amide bonds. The molecule has 1 saturated heterocycles. The third-order valence-electron chi connectivity index (χ3n) is 5.12. The van der Waals surface area contributed by atoms with Crippen LogP contribution in [-0.2, 0) is 0 Å². The van der Waals surface area contributed by atoms with Crippen molar-refractivity contribution >= 4 is 38.4 Å². The van der Waals surface area contributed by atoms with Crippen LogP contribution in [0.15, 0.2) is 63.8 Å². The first kappa shape index (κ1) is 17.9. The highest BCUT2D eigenvalue weighted by Gasteiger charge is 2.27. The van der Waals surface area contributed by atoms with E-state index in [-0.39, 0.29) is 23.2 Å². The van der Waals surface area contributed by atoms with Gasteiger partial charge in [-0.05, 0) is 24.3 Å². The number of benzene rings is 2. The van der Waals surface area contributed by atoms with Gasteiger partial charge in [0.25, 0.3) is 11.1 Å². The van der Waals surface area contributed by atoms with Crippen LogP contribution >= 0.6 is 11.3 Å². The summed E-state index contributed by atoms with van der Waals surface area (Å²) >= 11 is 1.53. The number of nitrogens with zero attached hydrogens (tertiary/aromatic N) is 2. The molecule has 0 aliphatic carbocycles. The quantitative estimate of drug-likeness (QED) is 0.512. The van der Waals surface area contributed by atoms with Gasteiger partial charge in [0.15, 0.2) is 11.2 Å². The van der Waals surface area contributed by atoms with Crippen LogP contribution in [0, 0.1) is 0 Å². The topological polar surface area (TPSA) is 72.6 Å². The Bertz CT molecular complexity index is 1220. The number of rotatable bonds is 3. The number of thiazole rings is 1. The van der Waals surface area contributed by atoms with Gasteiger partial charge in [-0.25, -0.2) is 4.98 Å². The van der Waals surface area contributed by atoms with E-state index in [2.05, 4.69) is 4.98 Å². The van der Waals surface area contributed by atoms with Crippen molar-refractivity contribution in [3.8, 4) is 5.19 Å². The van der Waals surface area contributed by atoms with E-state index in [0.29, 0.717) is 42.1 Å². The minimum absolute atomic E-state index is 0.0169. The molecule has 2 aromatic carbocycles. The van der Waals surface area contributed by atoms with Crippen molar-refractivity contribution in [2.75, 3.05) is 13.1 Å². The molecule has 146 valence electrons. The Morgan fingerprint density at radius 1 is 1.10 bits per heavy atom. The summed E-state index contributed by atoms with van der Waals surface area (Å²) in [5, 5.41) is 1.14. The molecule has 1 aliphatic rings. The Labute approximate surface area is 170 Å². The standard InChI is InChI=1S/C22H18N2O4S/c25-17-13-19(28-18-7-3-1-5-15(17)18)21(26)24-11-9-14(10-12-24)27-22-23-16-6-2-4-8-20(16)29-22/h1-8,13-14H,9-12H2. The second kappa shape index (κ2) is 7.33. The largest absolute Gasteiger partial charge is 0.467 e. The number of hydrogen-bond donors (Lipinski definition) is 0.